The minimum atomic E-state index is 0.370. The number of likely N-dealkylation sites (N-methyl/N-ethyl adjacent to an activating group) is 1. The third kappa shape index (κ3) is 1.97. The van der Waals surface area contributed by atoms with Crippen LogP contribution in [0.5, 0.6) is 0 Å². The van der Waals surface area contributed by atoms with Crippen molar-refractivity contribution < 1.29 is 0 Å². The van der Waals surface area contributed by atoms with E-state index in [1.165, 1.54) is 22.2 Å². The first-order valence-electron chi connectivity index (χ1n) is 7.60. The first kappa shape index (κ1) is 13.8. The number of fused-ring (bicyclic) bond motifs is 3. The van der Waals surface area contributed by atoms with E-state index in [-0.39, 0.29) is 0 Å². The molecule has 1 aliphatic heterocycles. The van der Waals surface area contributed by atoms with Gasteiger partial charge in [0.15, 0.2) is 0 Å². The molecule has 0 spiro atoms. The molecule has 3 heterocycles. The Hall–Kier alpha value is -1.84. The lowest BCUT2D eigenvalue weighted by molar-refractivity contribution is 0.241. The molecule has 4 heteroatoms. The van der Waals surface area contributed by atoms with Gasteiger partial charge in [0.25, 0.3) is 0 Å². The Morgan fingerprint density at radius 3 is 2.91 bits per heavy atom. The van der Waals surface area contributed by atoms with Gasteiger partial charge in [-0.2, -0.15) is 0 Å². The number of nitrogens with zero attached hydrogens (tertiary/aromatic N) is 3. The van der Waals surface area contributed by atoms with E-state index in [0.29, 0.717) is 6.04 Å². The quantitative estimate of drug-likeness (QED) is 0.670. The van der Waals surface area contributed by atoms with Gasteiger partial charge in [-0.3, -0.25) is 9.88 Å². The monoisotopic (exact) mass is 311 g/mol. The van der Waals surface area contributed by atoms with Crippen molar-refractivity contribution >= 4 is 22.5 Å². The second kappa shape index (κ2) is 5.11. The lowest BCUT2D eigenvalue weighted by Gasteiger charge is -2.31. The van der Waals surface area contributed by atoms with Crippen LogP contribution in [0.15, 0.2) is 42.7 Å². The number of aromatic nitrogens is 2. The molecule has 1 aromatic carbocycles. The van der Waals surface area contributed by atoms with Crippen molar-refractivity contribution in [2.24, 2.45) is 0 Å². The molecule has 2 aromatic heterocycles. The van der Waals surface area contributed by atoms with E-state index in [1.54, 1.807) is 0 Å². The van der Waals surface area contributed by atoms with Crippen LogP contribution in [0.1, 0.15) is 24.2 Å². The SMILES string of the molecule is CC1c2c(c3cc(Cl)ccc3n2-c2cccnc2)CCN1C. The van der Waals surface area contributed by atoms with E-state index < -0.39 is 0 Å². The van der Waals surface area contributed by atoms with Crippen molar-refractivity contribution in [3.63, 3.8) is 0 Å². The van der Waals surface area contributed by atoms with Crippen molar-refractivity contribution in [2.75, 3.05) is 13.6 Å². The summed E-state index contributed by atoms with van der Waals surface area (Å²) in [5.41, 5.74) is 5.11. The van der Waals surface area contributed by atoms with Crippen LogP contribution in [0.25, 0.3) is 16.6 Å². The number of hydrogen-bond acceptors (Lipinski definition) is 2. The van der Waals surface area contributed by atoms with Crippen LogP contribution in [0.2, 0.25) is 5.02 Å². The van der Waals surface area contributed by atoms with Crippen molar-refractivity contribution in [1.82, 2.24) is 14.5 Å². The summed E-state index contributed by atoms with van der Waals surface area (Å²) in [6.45, 7) is 3.35. The Bertz CT molecular complexity index is 838. The van der Waals surface area contributed by atoms with Gasteiger partial charge in [0.05, 0.1) is 17.4 Å². The Labute approximate surface area is 135 Å². The van der Waals surface area contributed by atoms with Gasteiger partial charge in [-0.1, -0.05) is 11.6 Å². The lowest BCUT2D eigenvalue weighted by atomic mass is 9.99. The highest BCUT2D eigenvalue weighted by Gasteiger charge is 2.28. The Morgan fingerprint density at radius 1 is 1.27 bits per heavy atom. The molecule has 3 aromatic rings. The maximum atomic E-state index is 6.25. The van der Waals surface area contributed by atoms with Crippen molar-refractivity contribution in [1.29, 1.82) is 0 Å². The number of rotatable bonds is 1. The van der Waals surface area contributed by atoms with E-state index in [0.717, 1.165) is 23.7 Å². The van der Waals surface area contributed by atoms with Crippen LogP contribution in [0.3, 0.4) is 0 Å². The highest BCUT2D eigenvalue weighted by atomic mass is 35.5. The largest absolute Gasteiger partial charge is 0.310 e. The van der Waals surface area contributed by atoms with E-state index >= 15 is 0 Å². The fourth-order valence-corrected chi connectivity index (χ4v) is 3.68. The van der Waals surface area contributed by atoms with Gasteiger partial charge in [0, 0.05) is 34.9 Å². The first-order chi connectivity index (χ1) is 10.7. The summed E-state index contributed by atoms with van der Waals surface area (Å²) in [4.78, 5) is 6.70. The number of benzene rings is 1. The van der Waals surface area contributed by atoms with E-state index in [1.807, 2.05) is 24.5 Å². The molecule has 0 saturated carbocycles. The van der Waals surface area contributed by atoms with Gasteiger partial charge in [-0.25, -0.2) is 0 Å². The number of halogens is 1. The Balaban J connectivity index is 2.10. The van der Waals surface area contributed by atoms with Crippen LogP contribution in [0.4, 0.5) is 0 Å². The third-order valence-electron chi connectivity index (χ3n) is 4.75. The van der Waals surface area contributed by atoms with Crippen LogP contribution < -0.4 is 0 Å². The molecule has 1 atom stereocenters. The molecule has 0 saturated heterocycles. The van der Waals surface area contributed by atoms with Gasteiger partial charge >= 0.3 is 0 Å². The zero-order valence-electron chi connectivity index (χ0n) is 12.8. The molecule has 0 bridgehead atoms. The fourth-order valence-electron chi connectivity index (χ4n) is 3.50. The minimum Gasteiger partial charge on any atom is -0.310 e. The summed E-state index contributed by atoms with van der Waals surface area (Å²) in [6, 6.07) is 10.7. The molecule has 112 valence electrons. The first-order valence-corrected chi connectivity index (χ1v) is 7.98. The van der Waals surface area contributed by atoms with Crippen LogP contribution in [0, 0.1) is 0 Å². The fraction of sp³-hybridized carbons (Fsp3) is 0.278. The molecular formula is C18H18ClN3. The lowest BCUT2D eigenvalue weighted by Crippen LogP contribution is -2.31. The normalized spacial score (nSPS) is 18.6. The maximum Gasteiger partial charge on any atom is 0.0642 e. The smallest absolute Gasteiger partial charge is 0.0642 e. The second-order valence-electron chi connectivity index (χ2n) is 5.98. The summed E-state index contributed by atoms with van der Waals surface area (Å²) in [5, 5.41) is 2.07. The molecule has 4 rings (SSSR count). The van der Waals surface area contributed by atoms with Gasteiger partial charge in [0.2, 0.25) is 0 Å². The molecular weight excluding hydrogens is 294 g/mol. The third-order valence-corrected chi connectivity index (χ3v) is 4.99. The predicted octanol–water partition coefficient (Wildman–Crippen LogP) is 4.23. The molecule has 0 N–H and O–H groups in total. The molecule has 22 heavy (non-hydrogen) atoms. The summed E-state index contributed by atoms with van der Waals surface area (Å²) < 4.78 is 2.34. The van der Waals surface area contributed by atoms with Gasteiger partial charge < -0.3 is 4.57 Å². The van der Waals surface area contributed by atoms with E-state index in [9.17, 15) is 0 Å². The summed E-state index contributed by atoms with van der Waals surface area (Å²) in [6.07, 6.45) is 4.80. The Morgan fingerprint density at radius 2 is 2.14 bits per heavy atom. The predicted molar refractivity (Wildman–Crippen MR) is 90.8 cm³/mol. The van der Waals surface area contributed by atoms with Gasteiger partial charge in [-0.05, 0) is 56.3 Å². The standard InChI is InChI=1S/C18H18ClN3/c1-12-18-15(7-9-21(12)2)16-10-13(19)5-6-17(16)22(18)14-4-3-8-20-11-14/h3-6,8,10-12H,7,9H2,1-2H3. The van der Waals surface area contributed by atoms with E-state index in [2.05, 4.69) is 46.6 Å². The molecule has 1 unspecified atom stereocenters. The minimum absolute atomic E-state index is 0.370. The molecule has 0 fully saturated rings. The number of hydrogen-bond donors (Lipinski definition) is 0. The Kier molecular flexibility index (Phi) is 3.21. The van der Waals surface area contributed by atoms with Gasteiger partial charge in [-0.15, -0.1) is 0 Å². The molecule has 0 radical (unpaired) electrons. The summed E-state index contributed by atoms with van der Waals surface area (Å²) in [7, 11) is 2.19. The van der Waals surface area contributed by atoms with E-state index in [4.69, 9.17) is 11.6 Å². The van der Waals surface area contributed by atoms with Crippen LogP contribution in [-0.4, -0.2) is 28.0 Å². The van der Waals surface area contributed by atoms with Crippen LogP contribution in [-0.2, 0) is 6.42 Å². The molecule has 0 aliphatic carbocycles. The number of pyridine rings is 1. The zero-order chi connectivity index (χ0) is 15.3. The van der Waals surface area contributed by atoms with Gasteiger partial charge in [0.1, 0.15) is 0 Å². The molecule has 3 nitrogen and oxygen atoms in total. The summed E-state index contributed by atoms with van der Waals surface area (Å²) >= 11 is 6.25. The highest BCUT2D eigenvalue weighted by molar-refractivity contribution is 6.31. The van der Waals surface area contributed by atoms with Crippen molar-refractivity contribution in [2.45, 2.75) is 19.4 Å². The maximum absolute atomic E-state index is 6.25. The highest BCUT2D eigenvalue weighted by Crippen LogP contribution is 2.38. The van der Waals surface area contributed by atoms with Crippen molar-refractivity contribution in [3.05, 3.63) is 59.0 Å². The summed E-state index contributed by atoms with van der Waals surface area (Å²) in [5.74, 6) is 0. The average Bonchev–Trinajstić information content (AvgIpc) is 2.86. The average molecular weight is 312 g/mol. The zero-order valence-corrected chi connectivity index (χ0v) is 13.5. The topological polar surface area (TPSA) is 21.1 Å². The second-order valence-corrected chi connectivity index (χ2v) is 6.41. The molecule has 0 amide bonds. The van der Waals surface area contributed by atoms with Crippen LogP contribution >= 0.6 is 11.6 Å². The molecule has 1 aliphatic rings. The van der Waals surface area contributed by atoms with Crippen molar-refractivity contribution in [3.8, 4) is 5.69 Å².